The Kier molecular flexibility index (Phi) is 6.95. The minimum atomic E-state index is -0.144. The van der Waals surface area contributed by atoms with Crippen LogP contribution in [0.5, 0.6) is 5.75 Å². The number of β-amino-alcohol motifs (C(OH)–C–C–N with tert-alkyl or cyclic N) is 1. The van der Waals surface area contributed by atoms with Crippen LogP contribution in [-0.2, 0) is 6.42 Å². The van der Waals surface area contributed by atoms with Gasteiger partial charge in [-0.05, 0) is 67.2 Å². The molecule has 0 bridgehead atoms. The molecule has 0 radical (unpaired) electrons. The number of hydrogen-bond acceptors (Lipinski definition) is 3. The van der Waals surface area contributed by atoms with E-state index in [4.69, 9.17) is 16.3 Å². The molecule has 0 saturated carbocycles. The SMILES string of the molecule is C/C(=C\CN1CC(O)C1)c1ccc(OCCCc2ccccc2Cl)cc1C. The number of nitrogens with zero attached hydrogens (tertiary/aromatic N) is 1. The molecule has 1 fully saturated rings. The van der Waals surface area contributed by atoms with Gasteiger partial charge in [-0.15, -0.1) is 0 Å². The molecule has 27 heavy (non-hydrogen) atoms. The molecule has 0 amide bonds. The summed E-state index contributed by atoms with van der Waals surface area (Å²) >= 11 is 6.19. The topological polar surface area (TPSA) is 32.7 Å². The number of halogens is 1. The molecule has 0 atom stereocenters. The van der Waals surface area contributed by atoms with E-state index in [1.54, 1.807) is 0 Å². The Bertz CT molecular complexity index is 797. The molecule has 4 heteroatoms. The monoisotopic (exact) mass is 385 g/mol. The molecule has 1 aliphatic rings. The first-order valence-corrected chi connectivity index (χ1v) is 9.95. The van der Waals surface area contributed by atoms with Crippen LogP contribution in [0.25, 0.3) is 5.57 Å². The van der Waals surface area contributed by atoms with Crippen molar-refractivity contribution in [2.75, 3.05) is 26.2 Å². The Balaban J connectivity index is 1.49. The maximum absolute atomic E-state index is 9.36. The van der Waals surface area contributed by atoms with E-state index < -0.39 is 0 Å². The average Bonchev–Trinajstić information content (AvgIpc) is 2.62. The summed E-state index contributed by atoms with van der Waals surface area (Å²) in [5.41, 5.74) is 4.90. The molecular weight excluding hydrogens is 358 g/mol. The van der Waals surface area contributed by atoms with E-state index >= 15 is 0 Å². The standard InChI is InChI=1S/C23H28ClNO2/c1-17(11-12-25-15-20(26)16-25)22-10-9-21(14-18(22)2)27-13-5-7-19-6-3-4-8-23(19)24/h3-4,6,8-11,14,20,26H,5,7,12-13,15-16H2,1-2H3/b17-11+. The first-order valence-electron chi connectivity index (χ1n) is 9.57. The summed E-state index contributed by atoms with van der Waals surface area (Å²) in [5.74, 6) is 0.911. The van der Waals surface area contributed by atoms with Crippen LogP contribution in [0, 0.1) is 6.92 Å². The van der Waals surface area contributed by atoms with Crippen LogP contribution >= 0.6 is 11.6 Å². The molecule has 0 spiro atoms. The third-order valence-electron chi connectivity index (χ3n) is 5.03. The van der Waals surface area contributed by atoms with Gasteiger partial charge in [0.25, 0.3) is 0 Å². The van der Waals surface area contributed by atoms with Crippen molar-refractivity contribution >= 4 is 17.2 Å². The van der Waals surface area contributed by atoms with Gasteiger partial charge in [-0.2, -0.15) is 0 Å². The lowest BCUT2D eigenvalue weighted by Crippen LogP contribution is -2.50. The van der Waals surface area contributed by atoms with Crippen molar-refractivity contribution in [1.29, 1.82) is 0 Å². The molecule has 2 aromatic rings. The van der Waals surface area contributed by atoms with Gasteiger partial charge in [-0.25, -0.2) is 0 Å². The molecule has 1 heterocycles. The fourth-order valence-electron chi connectivity index (χ4n) is 3.39. The van der Waals surface area contributed by atoms with Gasteiger partial charge in [0.2, 0.25) is 0 Å². The predicted molar refractivity (Wildman–Crippen MR) is 113 cm³/mol. The number of aliphatic hydroxyl groups is 1. The number of ether oxygens (including phenoxy) is 1. The van der Waals surface area contributed by atoms with E-state index in [1.807, 2.05) is 24.3 Å². The van der Waals surface area contributed by atoms with Crippen LogP contribution in [0.15, 0.2) is 48.5 Å². The van der Waals surface area contributed by atoms with Gasteiger partial charge in [0.15, 0.2) is 0 Å². The van der Waals surface area contributed by atoms with E-state index in [-0.39, 0.29) is 6.10 Å². The van der Waals surface area contributed by atoms with Gasteiger partial charge >= 0.3 is 0 Å². The number of hydrogen-bond donors (Lipinski definition) is 1. The van der Waals surface area contributed by atoms with Crippen LogP contribution in [0.2, 0.25) is 5.02 Å². The van der Waals surface area contributed by atoms with Gasteiger partial charge < -0.3 is 9.84 Å². The van der Waals surface area contributed by atoms with Gasteiger partial charge in [-0.1, -0.05) is 41.9 Å². The van der Waals surface area contributed by atoms with Gasteiger partial charge in [0.05, 0.1) is 12.7 Å². The van der Waals surface area contributed by atoms with Gasteiger partial charge in [0.1, 0.15) is 5.75 Å². The number of likely N-dealkylation sites (tertiary alicyclic amines) is 1. The molecule has 0 aliphatic carbocycles. The molecule has 1 aliphatic heterocycles. The third-order valence-corrected chi connectivity index (χ3v) is 5.40. The summed E-state index contributed by atoms with van der Waals surface area (Å²) in [4.78, 5) is 2.24. The smallest absolute Gasteiger partial charge is 0.119 e. The van der Waals surface area contributed by atoms with Crippen LogP contribution in [0.1, 0.15) is 30.0 Å². The highest BCUT2D eigenvalue weighted by Gasteiger charge is 2.22. The zero-order valence-corrected chi connectivity index (χ0v) is 16.9. The normalized spacial score (nSPS) is 15.6. The Labute approximate surface area is 167 Å². The highest BCUT2D eigenvalue weighted by atomic mass is 35.5. The fourth-order valence-corrected chi connectivity index (χ4v) is 3.62. The van der Waals surface area contributed by atoms with Gasteiger partial charge in [-0.3, -0.25) is 4.90 Å². The van der Waals surface area contributed by atoms with E-state index in [0.29, 0.717) is 6.61 Å². The van der Waals surface area contributed by atoms with E-state index in [0.717, 1.165) is 43.2 Å². The molecule has 3 nitrogen and oxygen atoms in total. The quantitative estimate of drug-likeness (QED) is 0.666. The zero-order chi connectivity index (χ0) is 19.2. The Morgan fingerprint density at radius 2 is 2.04 bits per heavy atom. The summed E-state index contributed by atoms with van der Waals surface area (Å²) in [6.45, 7) is 7.39. The maximum Gasteiger partial charge on any atom is 0.119 e. The highest BCUT2D eigenvalue weighted by Crippen LogP contribution is 2.24. The van der Waals surface area contributed by atoms with Crippen LogP contribution < -0.4 is 4.74 Å². The minimum Gasteiger partial charge on any atom is -0.494 e. The number of aryl methyl sites for hydroxylation is 2. The molecule has 0 aromatic heterocycles. The average molecular weight is 386 g/mol. The van der Waals surface area contributed by atoms with Crippen LogP contribution in [0.3, 0.4) is 0 Å². The lowest BCUT2D eigenvalue weighted by atomic mass is 10.0. The number of allylic oxidation sites excluding steroid dienone is 1. The second kappa shape index (κ2) is 9.41. The zero-order valence-electron chi connectivity index (χ0n) is 16.1. The Morgan fingerprint density at radius 3 is 2.74 bits per heavy atom. The van der Waals surface area contributed by atoms with Crippen molar-refractivity contribution in [3.8, 4) is 5.75 Å². The molecular formula is C23H28ClNO2. The maximum atomic E-state index is 9.36. The fraction of sp³-hybridized carbons (Fsp3) is 0.391. The van der Waals surface area contributed by atoms with E-state index in [9.17, 15) is 5.11 Å². The van der Waals surface area contributed by atoms with Crippen LogP contribution in [0.4, 0.5) is 0 Å². The third kappa shape index (κ3) is 5.58. The van der Waals surface area contributed by atoms with Crippen molar-refractivity contribution in [1.82, 2.24) is 4.90 Å². The summed E-state index contributed by atoms with van der Waals surface area (Å²) in [7, 11) is 0. The summed E-state index contributed by atoms with van der Waals surface area (Å²) < 4.78 is 5.92. The largest absolute Gasteiger partial charge is 0.494 e. The van der Waals surface area contributed by atoms with E-state index in [2.05, 4.69) is 43.0 Å². The Hall–Kier alpha value is -1.81. The summed E-state index contributed by atoms with van der Waals surface area (Å²) in [6.07, 6.45) is 3.95. The van der Waals surface area contributed by atoms with Crippen molar-refractivity contribution in [3.05, 3.63) is 70.3 Å². The number of rotatable bonds is 8. The van der Waals surface area contributed by atoms with E-state index in [1.165, 1.54) is 22.3 Å². The molecule has 0 unspecified atom stereocenters. The predicted octanol–water partition coefficient (Wildman–Crippen LogP) is 4.74. The first-order chi connectivity index (χ1) is 13.0. The number of aliphatic hydroxyl groups excluding tert-OH is 1. The molecule has 3 rings (SSSR count). The minimum absolute atomic E-state index is 0.144. The summed E-state index contributed by atoms with van der Waals surface area (Å²) in [6, 6.07) is 14.3. The second-order valence-electron chi connectivity index (χ2n) is 7.28. The molecule has 1 N–H and O–H groups in total. The van der Waals surface area contributed by atoms with Crippen molar-refractivity contribution < 1.29 is 9.84 Å². The molecule has 144 valence electrons. The highest BCUT2D eigenvalue weighted by molar-refractivity contribution is 6.31. The molecule has 1 saturated heterocycles. The lowest BCUT2D eigenvalue weighted by molar-refractivity contribution is 0.00986. The first kappa shape index (κ1) is 19.9. The Morgan fingerprint density at radius 1 is 1.26 bits per heavy atom. The molecule has 2 aromatic carbocycles. The lowest BCUT2D eigenvalue weighted by Gasteiger charge is -2.35. The van der Waals surface area contributed by atoms with Crippen molar-refractivity contribution in [2.45, 2.75) is 32.8 Å². The van der Waals surface area contributed by atoms with Crippen molar-refractivity contribution in [3.63, 3.8) is 0 Å². The van der Waals surface area contributed by atoms with Crippen molar-refractivity contribution in [2.24, 2.45) is 0 Å². The van der Waals surface area contributed by atoms with Crippen LogP contribution in [-0.4, -0.2) is 42.4 Å². The number of benzene rings is 2. The summed E-state index contributed by atoms with van der Waals surface area (Å²) in [5, 5.41) is 10.2. The van der Waals surface area contributed by atoms with Gasteiger partial charge in [0, 0.05) is 24.7 Å². The second-order valence-corrected chi connectivity index (χ2v) is 7.69.